The Kier molecular flexibility index (Phi) is 4.20. The van der Waals surface area contributed by atoms with Crippen LogP contribution in [0.15, 0.2) is 71.3 Å². The molecule has 1 aliphatic heterocycles. The standard InChI is InChI=1S/C22H18N4/c1-2-3-4-15-5-6-16(12-19(15)13-23)21-14-25-22(26-21)18-7-8-20-17(11-18)9-10-24-20/h2,5-12,24H,1,3-4,14H2. The zero-order chi connectivity index (χ0) is 17.9. The first-order chi connectivity index (χ1) is 12.8. The Bertz CT molecular complexity index is 1090. The molecule has 0 fully saturated rings. The molecule has 0 spiro atoms. The topological polar surface area (TPSA) is 64.3 Å². The highest BCUT2D eigenvalue weighted by Gasteiger charge is 2.15. The lowest BCUT2D eigenvalue weighted by Crippen LogP contribution is -2.03. The summed E-state index contributed by atoms with van der Waals surface area (Å²) in [6, 6.07) is 16.5. The van der Waals surface area contributed by atoms with E-state index in [1.165, 1.54) is 0 Å². The molecule has 2 heterocycles. The number of aryl methyl sites for hydroxylation is 1. The van der Waals surface area contributed by atoms with Crippen LogP contribution in [0, 0.1) is 11.3 Å². The lowest BCUT2D eigenvalue weighted by molar-refractivity contribution is 0.998. The van der Waals surface area contributed by atoms with E-state index in [0.717, 1.165) is 52.0 Å². The van der Waals surface area contributed by atoms with Crippen molar-refractivity contribution in [3.8, 4) is 6.07 Å². The Morgan fingerprint density at radius 2 is 2.04 bits per heavy atom. The van der Waals surface area contributed by atoms with Gasteiger partial charge in [0.25, 0.3) is 0 Å². The average molecular weight is 338 g/mol. The quantitative estimate of drug-likeness (QED) is 0.688. The Labute approximate surface area is 152 Å². The molecule has 0 aliphatic carbocycles. The highest BCUT2D eigenvalue weighted by Crippen LogP contribution is 2.20. The molecule has 1 N–H and O–H groups in total. The van der Waals surface area contributed by atoms with Crippen molar-refractivity contribution in [1.82, 2.24) is 4.98 Å². The summed E-state index contributed by atoms with van der Waals surface area (Å²) < 4.78 is 0. The molecule has 0 bridgehead atoms. The van der Waals surface area contributed by atoms with Crippen molar-refractivity contribution >= 4 is 22.5 Å². The zero-order valence-corrected chi connectivity index (χ0v) is 14.4. The lowest BCUT2D eigenvalue weighted by Gasteiger charge is -2.06. The number of rotatable bonds is 5. The van der Waals surface area contributed by atoms with E-state index in [1.54, 1.807) is 0 Å². The Balaban J connectivity index is 1.62. The van der Waals surface area contributed by atoms with Gasteiger partial charge in [0, 0.05) is 22.7 Å². The fourth-order valence-electron chi connectivity index (χ4n) is 3.19. The number of benzene rings is 2. The van der Waals surface area contributed by atoms with E-state index >= 15 is 0 Å². The van der Waals surface area contributed by atoms with Crippen molar-refractivity contribution < 1.29 is 0 Å². The van der Waals surface area contributed by atoms with Crippen LogP contribution in [-0.2, 0) is 6.42 Å². The molecular weight excluding hydrogens is 320 g/mol. The maximum atomic E-state index is 9.45. The van der Waals surface area contributed by atoms with Crippen molar-refractivity contribution in [3.05, 3.63) is 83.6 Å². The number of nitrogens with one attached hydrogen (secondary N) is 1. The summed E-state index contributed by atoms with van der Waals surface area (Å²) in [6.45, 7) is 4.28. The van der Waals surface area contributed by atoms with Crippen molar-refractivity contribution in [3.63, 3.8) is 0 Å². The second-order valence-corrected chi connectivity index (χ2v) is 6.29. The third kappa shape index (κ3) is 2.96. The fourth-order valence-corrected chi connectivity index (χ4v) is 3.19. The molecule has 4 heteroatoms. The predicted molar refractivity (Wildman–Crippen MR) is 106 cm³/mol. The van der Waals surface area contributed by atoms with Crippen molar-refractivity contribution in [1.29, 1.82) is 5.26 Å². The predicted octanol–water partition coefficient (Wildman–Crippen LogP) is 4.41. The van der Waals surface area contributed by atoms with Gasteiger partial charge in [0.2, 0.25) is 0 Å². The maximum Gasteiger partial charge on any atom is 0.155 e. The van der Waals surface area contributed by atoms with Gasteiger partial charge >= 0.3 is 0 Å². The highest BCUT2D eigenvalue weighted by atomic mass is 15.0. The summed E-state index contributed by atoms with van der Waals surface area (Å²) in [5, 5.41) is 10.6. The van der Waals surface area contributed by atoms with Crippen LogP contribution >= 0.6 is 0 Å². The van der Waals surface area contributed by atoms with Gasteiger partial charge in [0.15, 0.2) is 5.84 Å². The molecule has 0 amide bonds. The summed E-state index contributed by atoms with van der Waals surface area (Å²) >= 11 is 0. The molecular formula is C22H18N4. The minimum Gasteiger partial charge on any atom is -0.361 e. The fraction of sp³-hybridized carbons (Fsp3) is 0.136. The molecule has 0 saturated heterocycles. The minimum atomic E-state index is 0.539. The van der Waals surface area contributed by atoms with Gasteiger partial charge in [0.1, 0.15) is 0 Å². The first-order valence-corrected chi connectivity index (χ1v) is 8.62. The van der Waals surface area contributed by atoms with Crippen LogP contribution in [0.2, 0.25) is 0 Å². The highest BCUT2D eigenvalue weighted by molar-refractivity contribution is 6.17. The summed E-state index contributed by atoms with van der Waals surface area (Å²) in [5.41, 5.74) is 5.73. The van der Waals surface area contributed by atoms with E-state index in [9.17, 15) is 5.26 Å². The average Bonchev–Trinajstić information content (AvgIpc) is 3.34. The third-order valence-electron chi connectivity index (χ3n) is 4.61. The molecule has 2 aromatic carbocycles. The van der Waals surface area contributed by atoms with Gasteiger partial charge in [-0.25, -0.2) is 4.99 Å². The second-order valence-electron chi connectivity index (χ2n) is 6.29. The molecule has 4 rings (SSSR count). The van der Waals surface area contributed by atoms with Crippen LogP contribution in [0.4, 0.5) is 0 Å². The third-order valence-corrected chi connectivity index (χ3v) is 4.61. The number of fused-ring (bicyclic) bond motifs is 1. The zero-order valence-electron chi connectivity index (χ0n) is 14.4. The maximum absolute atomic E-state index is 9.45. The number of aromatic nitrogens is 1. The van der Waals surface area contributed by atoms with Crippen molar-refractivity contribution in [2.24, 2.45) is 9.98 Å². The summed E-state index contributed by atoms with van der Waals surface area (Å²) in [7, 11) is 0. The summed E-state index contributed by atoms with van der Waals surface area (Å²) in [4.78, 5) is 12.5. The van der Waals surface area contributed by atoms with Gasteiger partial charge in [-0.05, 0) is 54.3 Å². The molecule has 1 aliphatic rings. The number of nitrogens with zero attached hydrogens (tertiary/aromatic N) is 3. The number of H-pyrrole nitrogens is 1. The van der Waals surface area contributed by atoms with E-state index in [2.05, 4.69) is 28.7 Å². The van der Waals surface area contributed by atoms with Gasteiger partial charge in [0.05, 0.1) is 23.9 Å². The van der Waals surface area contributed by atoms with Crippen LogP contribution in [0.3, 0.4) is 0 Å². The normalized spacial score (nSPS) is 13.3. The molecule has 26 heavy (non-hydrogen) atoms. The number of aliphatic imine (C=N–C) groups is 2. The first-order valence-electron chi connectivity index (χ1n) is 8.62. The largest absolute Gasteiger partial charge is 0.361 e. The summed E-state index contributed by atoms with van der Waals surface area (Å²) in [6.07, 6.45) is 5.50. The molecule has 0 radical (unpaired) electrons. The van der Waals surface area contributed by atoms with Crippen LogP contribution in [0.25, 0.3) is 10.9 Å². The van der Waals surface area contributed by atoms with Crippen molar-refractivity contribution in [2.75, 3.05) is 6.54 Å². The lowest BCUT2D eigenvalue weighted by atomic mass is 9.99. The Hall–Kier alpha value is -3.45. The number of nitriles is 1. The monoisotopic (exact) mass is 338 g/mol. The van der Waals surface area contributed by atoms with E-state index in [4.69, 9.17) is 4.99 Å². The SMILES string of the molecule is C=CCCc1ccc(C2=NC(c3ccc4[nH]ccc4c3)=NC2)cc1C#N. The van der Waals surface area contributed by atoms with Crippen LogP contribution < -0.4 is 0 Å². The second kappa shape index (κ2) is 6.81. The van der Waals surface area contributed by atoms with Crippen molar-refractivity contribution in [2.45, 2.75) is 12.8 Å². The van der Waals surface area contributed by atoms with Crippen LogP contribution in [0.5, 0.6) is 0 Å². The molecule has 4 nitrogen and oxygen atoms in total. The number of hydrogen-bond acceptors (Lipinski definition) is 3. The van der Waals surface area contributed by atoms with E-state index in [0.29, 0.717) is 12.1 Å². The van der Waals surface area contributed by atoms with Gasteiger partial charge in [-0.1, -0.05) is 18.2 Å². The van der Waals surface area contributed by atoms with E-state index in [-0.39, 0.29) is 0 Å². The minimum absolute atomic E-state index is 0.539. The first kappa shape index (κ1) is 16.0. The van der Waals surface area contributed by atoms with Gasteiger partial charge in [-0.2, -0.15) is 5.26 Å². The van der Waals surface area contributed by atoms with E-state index < -0.39 is 0 Å². The molecule has 0 unspecified atom stereocenters. The van der Waals surface area contributed by atoms with Crippen LogP contribution in [-0.4, -0.2) is 23.1 Å². The number of hydrogen-bond donors (Lipinski definition) is 1. The summed E-state index contributed by atoms with van der Waals surface area (Å²) in [5.74, 6) is 0.748. The van der Waals surface area contributed by atoms with Crippen LogP contribution in [0.1, 0.15) is 28.7 Å². The molecule has 3 aromatic rings. The van der Waals surface area contributed by atoms with Gasteiger partial charge < -0.3 is 4.98 Å². The molecule has 0 saturated carbocycles. The Morgan fingerprint density at radius 3 is 2.88 bits per heavy atom. The van der Waals surface area contributed by atoms with Gasteiger partial charge in [-0.15, -0.1) is 6.58 Å². The molecule has 0 atom stereocenters. The molecule has 126 valence electrons. The number of allylic oxidation sites excluding steroid dienone is 1. The number of aromatic amines is 1. The molecule has 1 aromatic heterocycles. The van der Waals surface area contributed by atoms with E-state index in [1.807, 2.05) is 48.7 Å². The number of amidine groups is 1. The Morgan fingerprint density at radius 1 is 1.15 bits per heavy atom. The smallest absolute Gasteiger partial charge is 0.155 e. The van der Waals surface area contributed by atoms with Gasteiger partial charge in [-0.3, -0.25) is 4.99 Å².